The Morgan fingerprint density at radius 3 is 3.12 bits per heavy atom. The molecule has 2 rings (SSSR count). The summed E-state index contributed by atoms with van der Waals surface area (Å²) in [5.41, 5.74) is 1.01. The van der Waals surface area contributed by atoms with Gasteiger partial charge >= 0.3 is 0 Å². The number of aromatic nitrogens is 2. The molecule has 0 bridgehead atoms. The van der Waals surface area contributed by atoms with Crippen molar-refractivity contribution in [1.29, 1.82) is 0 Å². The van der Waals surface area contributed by atoms with Crippen molar-refractivity contribution in [3.05, 3.63) is 23.8 Å². The molecule has 2 heterocycles. The molecule has 0 spiro atoms. The van der Waals surface area contributed by atoms with Crippen molar-refractivity contribution in [2.45, 2.75) is 24.5 Å². The average molecular weight is 255 g/mol. The fourth-order valence-corrected chi connectivity index (χ4v) is 2.90. The summed E-state index contributed by atoms with van der Waals surface area (Å²) >= 11 is 3.13. The number of rotatable bonds is 5. The molecule has 2 aromatic heterocycles. The van der Waals surface area contributed by atoms with Gasteiger partial charge in [0.25, 0.3) is 0 Å². The number of furan rings is 1. The van der Waals surface area contributed by atoms with E-state index < -0.39 is 0 Å². The molecule has 0 aromatic carbocycles. The molecule has 0 atom stereocenters. The van der Waals surface area contributed by atoms with Crippen LogP contribution in [0.4, 0.5) is 5.00 Å². The lowest BCUT2D eigenvalue weighted by Gasteiger charge is -2.01. The molecular weight excluding hydrogens is 242 g/mol. The van der Waals surface area contributed by atoms with Crippen molar-refractivity contribution in [2.24, 2.45) is 0 Å². The van der Waals surface area contributed by atoms with E-state index in [0.29, 0.717) is 0 Å². The molecule has 0 amide bonds. The van der Waals surface area contributed by atoms with Gasteiger partial charge in [-0.15, -0.1) is 16.9 Å². The molecule has 16 heavy (non-hydrogen) atoms. The first-order valence-electron chi connectivity index (χ1n) is 5.03. The SMILES string of the molecule is CCNc1snnc1CSc1ccoc1C. The van der Waals surface area contributed by atoms with Gasteiger partial charge in [0.1, 0.15) is 16.5 Å². The maximum atomic E-state index is 5.24. The second kappa shape index (κ2) is 5.36. The number of hydrogen-bond donors (Lipinski definition) is 1. The number of nitrogens with zero attached hydrogens (tertiary/aromatic N) is 2. The van der Waals surface area contributed by atoms with Crippen LogP contribution in [0.15, 0.2) is 21.6 Å². The van der Waals surface area contributed by atoms with Crippen LogP contribution in [-0.4, -0.2) is 16.1 Å². The third-order valence-electron chi connectivity index (χ3n) is 2.07. The van der Waals surface area contributed by atoms with Crippen LogP contribution in [0, 0.1) is 6.92 Å². The van der Waals surface area contributed by atoms with Gasteiger partial charge in [0, 0.05) is 28.7 Å². The topological polar surface area (TPSA) is 51.0 Å². The molecule has 6 heteroatoms. The van der Waals surface area contributed by atoms with Gasteiger partial charge in [-0.2, -0.15) is 0 Å². The zero-order valence-corrected chi connectivity index (χ0v) is 10.8. The van der Waals surface area contributed by atoms with Gasteiger partial charge in [-0.1, -0.05) is 4.49 Å². The van der Waals surface area contributed by atoms with E-state index in [1.165, 1.54) is 11.5 Å². The Labute approximate surface area is 103 Å². The molecule has 0 saturated heterocycles. The molecule has 0 aliphatic rings. The summed E-state index contributed by atoms with van der Waals surface area (Å²) in [7, 11) is 0. The minimum Gasteiger partial charge on any atom is -0.468 e. The van der Waals surface area contributed by atoms with E-state index >= 15 is 0 Å². The maximum absolute atomic E-state index is 5.24. The van der Waals surface area contributed by atoms with Gasteiger partial charge in [-0.25, -0.2) is 0 Å². The molecule has 0 radical (unpaired) electrons. The molecular formula is C10H13N3OS2. The van der Waals surface area contributed by atoms with Crippen LogP contribution in [0.2, 0.25) is 0 Å². The highest BCUT2D eigenvalue weighted by Gasteiger charge is 2.09. The van der Waals surface area contributed by atoms with Crippen molar-refractivity contribution in [1.82, 2.24) is 9.59 Å². The van der Waals surface area contributed by atoms with Crippen molar-refractivity contribution in [3.63, 3.8) is 0 Å². The van der Waals surface area contributed by atoms with E-state index in [9.17, 15) is 0 Å². The summed E-state index contributed by atoms with van der Waals surface area (Å²) in [6.07, 6.45) is 1.71. The smallest absolute Gasteiger partial charge is 0.134 e. The monoisotopic (exact) mass is 255 g/mol. The van der Waals surface area contributed by atoms with Gasteiger partial charge in [0.05, 0.1) is 6.26 Å². The Bertz CT molecular complexity index is 452. The highest BCUT2D eigenvalue weighted by molar-refractivity contribution is 7.98. The molecule has 0 fully saturated rings. The first-order chi connectivity index (χ1) is 7.81. The first-order valence-corrected chi connectivity index (χ1v) is 6.79. The summed E-state index contributed by atoms with van der Waals surface area (Å²) in [4.78, 5) is 1.16. The highest BCUT2D eigenvalue weighted by atomic mass is 32.2. The van der Waals surface area contributed by atoms with E-state index in [1.54, 1.807) is 18.0 Å². The molecule has 4 nitrogen and oxygen atoms in total. The number of hydrogen-bond acceptors (Lipinski definition) is 6. The van der Waals surface area contributed by atoms with E-state index in [0.717, 1.165) is 33.6 Å². The van der Waals surface area contributed by atoms with Crippen LogP contribution in [0.5, 0.6) is 0 Å². The lowest BCUT2D eigenvalue weighted by atomic mass is 10.5. The summed E-state index contributed by atoms with van der Waals surface area (Å²) in [5, 5.41) is 8.44. The normalized spacial score (nSPS) is 10.6. The Kier molecular flexibility index (Phi) is 3.84. The van der Waals surface area contributed by atoms with E-state index in [2.05, 4.69) is 21.8 Å². The Hall–Kier alpha value is -1.01. The standard InChI is InChI=1S/C10H13N3OS2/c1-3-11-10-8(12-13-16-10)6-15-9-4-5-14-7(9)2/h4-5,11H,3,6H2,1-2H3. The maximum Gasteiger partial charge on any atom is 0.134 e. The van der Waals surface area contributed by atoms with Crippen molar-refractivity contribution in [3.8, 4) is 0 Å². The summed E-state index contributed by atoms with van der Waals surface area (Å²) in [5.74, 6) is 1.78. The molecule has 86 valence electrons. The Morgan fingerprint density at radius 2 is 2.44 bits per heavy atom. The Morgan fingerprint density at radius 1 is 1.56 bits per heavy atom. The minimum absolute atomic E-state index is 0.819. The van der Waals surface area contributed by atoms with Crippen LogP contribution >= 0.6 is 23.3 Å². The predicted molar refractivity (Wildman–Crippen MR) is 67.1 cm³/mol. The number of thioether (sulfide) groups is 1. The van der Waals surface area contributed by atoms with Crippen LogP contribution in [0.25, 0.3) is 0 Å². The van der Waals surface area contributed by atoms with Crippen LogP contribution in [0.1, 0.15) is 18.4 Å². The third kappa shape index (κ3) is 2.56. The van der Waals surface area contributed by atoms with E-state index in [4.69, 9.17) is 4.42 Å². The fraction of sp³-hybridized carbons (Fsp3) is 0.400. The van der Waals surface area contributed by atoms with E-state index in [1.807, 2.05) is 13.0 Å². The summed E-state index contributed by atoms with van der Waals surface area (Å²) in [6, 6.07) is 1.98. The summed E-state index contributed by atoms with van der Waals surface area (Å²) in [6.45, 7) is 4.93. The van der Waals surface area contributed by atoms with Crippen molar-refractivity contribution in [2.75, 3.05) is 11.9 Å². The predicted octanol–water partition coefficient (Wildman–Crippen LogP) is 3.16. The van der Waals surface area contributed by atoms with Crippen LogP contribution in [-0.2, 0) is 5.75 Å². The van der Waals surface area contributed by atoms with Gasteiger partial charge in [-0.3, -0.25) is 0 Å². The number of anilines is 1. The van der Waals surface area contributed by atoms with E-state index in [-0.39, 0.29) is 0 Å². The highest BCUT2D eigenvalue weighted by Crippen LogP contribution is 2.29. The minimum atomic E-state index is 0.819. The van der Waals surface area contributed by atoms with Crippen molar-refractivity contribution < 1.29 is 4.42 Å². The van der Waals surface area contributed by atoms with Crippen molar-refractivity contribution >= 4 is 28.3 Å². The van der Waals surface area contributed by atoms with Gasteiger partial charge in [0.15, 0.2) is 0 Å². The molecule has 0 aliphatic carbocycles. The molecule has 0 unspecified atom stereocenters. The molecule has 0 saturated carbocycles. The third-order valence-corrected chi connectivity index (χ3v) is 3.95. The van der Waals surface area contributed by atoms with Crippen LogP contribution < -0.4 is 5.32 Å². The van der Waals surface area contributed by atoms with Gasteiger partial charge in [0.2, 0.25) is 0 Å². The number of aryl methyl sites for hydroxylation is 1. The second-order valence-corrected chi connectivity index (χ2v) is 4.98. The first kappa shape index (κ1) is 11.5. The quantitative estimate of drug-likeness (QED) is 0.832. The summed E-state index contributed by atoms with van der Waals surface area (Å²) < 4.78 is 9.20. The van der Waals surface area contributed by atoms with Gasteiger partial charge in [-0.05, 0) is 19.9 Å². The second-order valence-electron chi connectivity index (χ2n) is 3.21. The fourth-order valence-electron chi connectivity index (χ4n) is 1.27. The Balaban J connectivity index is 1.99. The lowest BCUT2D eigenvalue weighted by molar-refractivity contribution is 0.527. The average Bonchev–Trinajstić information content (AvgIpc) is 2.86. The largest absolute Gasteiger partial charge is 0.468 e. The van der Waals surface area contributed by atoms with Crippen LogP contribution in [0.3, 0.4) is 0 Å². The zero-order valence-electron chi connectivity index (χ0n) is 9.19. The molecule has 2 aromatic rings. The van der Waals surface area contributed by atoms with Gasteiger partial charge < -0.3 is 9.73 Å². The molecule has 1 N–H and O–H groups in total. The lowest BCUT2D eigenvalue weighted by Crippen LogP contribution is -1.97. The number of nitrogens with one attached hydrogen (secondary N) is 1. The zero-order chi connectivity index (χ0) is 11.4. The molecule has 0 aliphatic heterocycles.